The van der Waals surface area contributed by atoms with Crippen molar-refractivity contribution < 1.29 is 36.8 Å². The molecule has 2 saturated heterocycles. The highest BCUT2D eigenvalue weighted by Gasteiger charge is 2.38. The Kier molecular flexibility index (Phi) is 8.38. The number of urea groups is 1. The van der Waals surface area contributed by atoms with Crippen LogP contribution in [-0.4, -0.2) is 71.5 Å². The van der Waals surface area contributed by atoms with Gasteiger partial charge in [0.15, 0.2) is 11.9 Å². The summed E-state index contributed by atoms with van der Waals surface area (Å²) in [6.45, 7) is 8.31. The van der Waals surface area contributed by atoms with Crippen molar-refractivity contribution >= 4 is 12.1 Å². The number of hydrogen-bond donors (Lipinski definition) is 1. The predicted octanol–water partition coefficient (Wildman–Crippen LogP) is 4.69. The molecule has 0 saturated carbocycles. The molecule has 2 aromatic rings. The zero-order valence-electron chi connectivity index (χ0n) is 22.2. The van der Waals surface area contributed by atoms with E-state index in [4.69, 9.17) is 19.7 Å². The second-order valence-electron chi connectivity index (χ2n) is 11.2. The molecule has 1 aromatic heterocycles. The molecule has 39 heavy (non-hydrogen) atoms. The Bertz CT molecular complexity index is 1140. The van der Waals surface area contributed by atoms with E-state index in [0.29, 0.717) is 63.6 Å². The van der Waals surface area contributed by atoms with Gasteiger partial charge < -0.3 is 29.5 Å². The molecular formula is C26H34F3N5O5. The van der Waals surface area contributed by atoms with Crippen LogP contribution in [0.5, 0.6) is 0 Å². The van der Waals surface area contributed by atoms with Crippen molar-refractivity contribution in [3.05, 3.63) is 47.1 Å². The average Bonchev–Trinajstić information content (AvgIpc) is 3.37. The van der Waals surface area contributed by atoms with Crippen LogP contribution in [0.1, 0.15) is 74.4 Å². The number of nitrogens with two attached hydrogens (primary N) is 1. The fourth-order valence-corrected chi connectivity index (χ4v) is 5.00. The van der Waals surface area contributed by atoms with Gasteiger partial charge in [-0.3, -0.25) is 0 Å². The van der Waals surface area contributed by atoms with Gasteiger partial charge in [0.05, 0.1) is 18.8 Å². The first-order chi connectivity index (χ1) is 18.3. The molecule has 0 spiro atoms. The number of carbonyl (C=O) groups excluding carboxylic acids is 2. The lowest BCUT2D eigenvalue weighted by Crippen LogP contribution is -2.52. The van der Waals surface area contributed by atoms with E-state index in [1.165, 1.54) is 12.1 Å². The monoisotopic (exact) mass is 553 g/mol. The molecule has 10 nitrogen and oxygen atoms in total. The minimum absolute atomic E-state index is 0.0986. The molecule has 0 bridgehead atoms. The number of hydrogen-bond acceptors (Lipinski definition) is 7. The number of likely N-dealkylation sites (tertiary alicyclic amines) is 1. The number of carbonyl (C=O) groups is 2. The van der Waals surface area contributed by atoms with Crippen molar-refractivity contribution in [3.63, 3.8) is 0 Å². The Labute approximate surface area is 224 Å². The number of halogens is 3. The first-order valence-corrected chi connectivity index (χ1v) is 12.9. The highest BCUT2D eigenvalue weighted by molar-refractivity contribution is 5.75. The molecule has 3 heterocycles. The standard InChI is InChI=1S/C26H34F3N5O5/c1-25(2,3)13-20(38-23(30)35)22-31-21(32-39-22)18-12-17(16-4-6-19(7-5-16)26(27,28)29)14-34(15-18)24(36)33-8-10-37-11-9-33/h4-7,17-18,20H,8-15H2,1-3H3,(H2,30,35). The van der Waals surface area contributed by atoms with Crippen molar-refractivity contribution in [2.45, 2.75) is 57.7 Å². The van der Waals surface area contributed by atoms with Gasteiger partial charge in [-0.05, 0) is 36.0 Å². The molecule has 214 valence electrons. The summed E-state index contributed by atoms with van der Waals surface area (Å²) >= 11 is 0. The fraction of sp³-hybridized carbons (Fsp3) is 0.615. The summed E-state index contributed by atoms with van der Waals surface area (Å²) in [4.78, 5) is 32.8. The molecule has 3 amide bonds. The largest absolute Gasteiger partial charge is 0.436 e. The van der Waals surface area contributed by atoms with Crippen molar-refractivity contribution in [2.24, 2.45) is 11.1 Å². The molecule has 2 aliphatic rings. The lowest BCUT2D eigenvalue weighted by Gasteiger charge is -2.40. The third-order valence-electron chi connectivity index (χ3n) is 6.87. The Balaban J connectivity index is 1.60. The van der Waals surface area contributed by atoms with E-state index < -0.39 is 23.9 Å². The molecule has 0 aliphatic carbocycles. The minimum atomic E-state index is -4.44. The van der Waals surface area contributed by atoms with Crippen LogP contribution >= 0.6 is 0 Å². The van der Waals surface area contributed by atoms with Crippen LogP contribution < -0.4 is 5.73 Å². The molecule has 2 fully saturated rings. The van der Waals surface area contributed by atoms with Gasteiger partial charge in [0.1, 0.15) is 0 Å². The van der Waals surface area contributed by atoms with Crippen LogP contribution in [0, 0.1) is 5.41 Å². The predicted molar refractivity (Wildman–Crippen MR) is 133 cm³/mol. The zero-order chi connectivity index (χ0) is 28.4. The SMILES string of the molecule is CC(C)(C)CC(OC(N)=O)c1nc(C2CC(c3ccc(C(F)(F)F)cc3)CN(C(=O)N3CCOCC3)C2)no1. The van der Waals surface area contributed by atoms with Crippen molar-refractivity contribution in [2.75, 3.05) is 39.4 Å². The van der Waals surface area contributed by atoms with E-state index in [-0.39, 0.29) is 29.2 Å². The summed E-state index contributed by atoms with van der Waals surface area (Å²) in [5, 5.41) is 4.14. The van der Waals surface area contributed by atoms with Gasteiger partial charge in [-0.1, -0.05) is 38.1 Å². The number of aromatic nitrogens is 2. The summed E-state index contributed by atoms with van der Waals surface area (Å²) in [5.74, 6) is -0.197. The van der Waals surface area contributed by atoms with E-state index in [1.807, 2.05) is 20.8 Å². The van der Waals surface area contributed by atoms with Crippen LogP contribution in [-0.2, 0) is 15.7 Å². The molecule has 4 rings (SSSR count). The summed E-state index contributed by atoms with van der Waals surface area (Å²) in [7, 11) is 0. The Morgan fingerprint density at radius 2 is 1.72 bits per heavy atom. The lowest BCUT2D eigenvalue weighted by atomic mass is 9.84. The lowest BCUT2D eigenvalue weighted by molar-refractivity contribution is -0.137. The summed E-state index contributed by atoms with van der Waals surface area (Å²) in [6.07, 6.45) is -5.38. The average molecular weight is 554 g/mol. The van der Waals surface area contributed by atoms with Gasteiger partial charge in [-0.25, -0.2) is 9.59 Å². The maximum Gasteiger partial charge on any atom is 0.416 e. The Hall–Kier alpha value is -3.35. The van der Waals surface area contributed by atoms with Crippen molar-refractivity contribution in [1.82, 2.24) is 19.9 Å². The van der Waals surface area contributed by atoms with E-state index in [9.17, 15) is 22.8 Å². The molecule has 1 aromatic carbocycles. The van der Waals surface area contributed by atoms with Gasteiger partial charge in [-0.2, -0.15) is 18.2 Å². The van der Waals surface area contributed by atoms with Crippen LogP contribution in [0.2, 0.25) is 0 Å². The molecule has 0 radical (unpaired) electrons. The van der Waals surface area contributed by atoms with Crippen molar-refractivity contribution in [1.29, 1.82) is 0 Å². The number of alkyl halides is 3. The fourth-order valence-electron chi connectivity index (χ4n) is 5.00. The number of morpholine rings is 1. The van der Waals surface area contributed by atoms with Crippen molar-refractivity contribution in [3.8, 4) is 0 Å². The van der Waals surface area contributed by atoms with E-state index in [0.717, 1.165) is 12.1 Å². The first kappa shape index (κ1) is 28.7. The van der Waals surface area contributed by atoms with Crippen LogP contribution in [0.15, 0.2) is 28.8 Å². The molecule has 13 heteroatoms. The first-order valence-electron chi connectivity index (χ1n) is 12.9. The smallest absolute Gasteiger partial charge is 0.416 e. The second kappa shape index (κ2) is 11.4. The molecule has 3 unspecified atom stereocenters. The molecule has 2 aliphatic heterocycles. The van der Waals surface area contributed by atoms with Gasteiger partial charge in [0.2, 0.25) is 0 Å². The highest BCUT2D eigenvalue weighted by Crippen LogP contribution is 2.38. The summed E-state index contributed by atoms with van der Waals surface area (Å²) in [5.41, 5.74) is 4.97. The number of piperidine rings is 1. The maximum absolute atomic E-state index is 13.4. The number of nitrogens with zero attached hydrogens (tertiary/aromatic N) is 4. The van der Waals surface area contributed by atoms with E-state index in [1.54, 1.807) is 9.80 Å². The second-order valence-corrected chi connectivity index (χ2v) is 11.2. The Morgan fingerprint density at radius 1 is 1.08 bits per heavy atom. The topological polar surface area (TPSA) is 124 Å². The number of benzene rings is 1. The van der Waals surface area contributed by atoms with Crippen LogP contribution in [0.4, 0.5) is 22.8 Å². The third-order valence-corrected chi connectivity index (χ3v) is 6.87. The number of ether oxygens (including phenoxy) is 2. The highest BCUT2D eigenvalue weighted by atomic mass is 19.4. The number of rotatable bonds is 5. The normalized spacial score (nSPS) is 21.5. The Morgan fingerprint density at radius 3 is 2.31 bits per heavy atom. The zero-order valence-corrected chi connectivity index (χ0v) is 22.2. The van der Waals surface area contributed by atoms with E-state index >= 15 is 0 Å². The van der Waals surface area contributed by atoms with Gasteiger partial charge in [-0.15, -0.1) is 0 Å². The van der Waals surface area contributed by atoms with Crippen LogP contribution in [0.3, 0.4) is 0 Å². The summed E-state index contributed by atoms with van der Waals surface area (Å²) < 4.78 is 55.5. The van der Waals surface area contributed by atoms with Crippen LogP contribution in [0.25, 0.3) is 0 Å². The third kappa shape index (κ3) is 7.40. The summed E-state index contributed by atoms with van der Waals surface area (Å²) in [6, 6.07) is 4.84. The van der Waals surface area contributed by atoms with E-state index in [2.05, 4.69) is 10.1 Å². The molecule has 3 atom stereocenters. The molecule has 2 N–H and O–H groups in total. The van der Waals surface area contributed by atoms with Gasteiger partial charge in [0, 0.05) is 38.0 Å². The number of primary amides is 1. The minimum Gasteiger partial charge on any atom is -0.436 e. The van der Waals surface area contributed by atoms with Gasteiger partial charge in [0.25, 0.3) is 5.89 Å². The maximum atomic E-state index is 13.4. The molecular weight excluding hydrogens is 519 g/mol. The van der Waals surface area contributed by atoms with Gasteiger partial charge >= 0.3 is 18.3 Å². The number of amides is 3. The quantitative estimate of drug-likeness (QED) is 0.570.